The van der Waals surface area contributed by atoms with E-state index in [4.69, 9.17) is 11.6 Å². The number of aromatic nitrogens is 2. The van der Waals surface area contributed by atoms with Gasteiger partial charge in [-0.2, -0.15) is 0 Å². The van der Waals surface area contributed by atoms with E-state index in [2.05, 4.69) is 10.3 Å². The molecular weight excluding hydrogens is 451 g/mol. The van der Waals surface area contributed by atoms with Crippen molar-refractivity contribution in [1.29, 1.82) is 0 Å². The highest BCUT2D eigenvalue weighted by atomic mass is 35.5. The second-order valence-corrected chi connectivity index (χ2v) is 8.80. The van der Waals surface area contributed by atoms with Crippen molar-refractivity contribution >= 4 is 51.1 Å². The summed E-state index contributed by atoms with van der Waals surface area (Å²) in [6.45, 7) is 0.656. The third-order valence-electron chi connectivity index (χ3n) is 5.36. The molecule has 1 aliphatic heterocycles. The van der Waals surface area contributed by atoms with Gasteiger partial charge in [-0.05, 0) is 48.9 Å². The van der Waals surface area contributed by atoms with Crippen molar-refractivity contribution in [2.24, 2.45) is 0 Å². The van der Waals surface area contributed by atoms with Crippen LogP contribution in [0.1, 0.15) is 18.5 Å². The molecule has 3 heterocycles. The van der Waals surface area contributed by atoms with Gasteiger partial charge < -0.3 is 10.2 Å². The van der Waals surface area contributed by atoms with Crippen LogP contribution < -0.4 is 10.2 Å². The zero-order valence-electron chi connectivity index (χ0n) is 16.8. The fraction of sp³-hybridized carbons (Fsp3) is 0.174. The predicted octanol–water partition coefficient (Wildman–Crippen LogP) is 5.16. The Labute approximate surface area is 192 Å². The molecule has 2 aromatic carbocycles. The number of anilines is 2. The molecule has 4 aromatic rings. The average Bonchev–Trinajstić information content (AvgIpc) is 3.46. The summed E-state index contributed by atoms with van der Waals surface area (Å²) >= 11 is 7.81. The van der Waals surface area contributed by atoms with E-state index in [0.717, 1.165) is 28.3 Å². The molecule has 162 valence electrons. The molecule has 9 heteroatoms. The number of amides is 2. The normalized spacial score (nSPS) is 13.8. The van der Waals surface area contributed by atoms with Gasteiger partial charge in [-0.1, -0.05) is 11.6 Å². The Kier molecular flexibility index (Phi) is 5.40. The minimum absolute atomic E-state index is 0.0606. The van der Waals surface area contributed by atoms with Crippen molar-refractivity contribution < 1.29 is 14.0 Å². The van der Waals surface area contributed by atoms with Crippen molar-refractivity contribution in [3.8, 4) is 11.3 Å². The van der Waals surface area contributed by atoms with Crippen LogP contribution >= 0.6 is 22.9 Å². The van der Waals surface area contributed by atoms with Gasteiger partial charge in [0.25, 0.3) is 0 Å². The number of thiazole rings is 1. The van der Waals surface area contributed by atoms with Gasteiger partial charge in [0.15, 0.2) is 4.96 Å². The summed E-state index contributed by atoms with van der Waals surface area (Å²) in [6, 6.07) is 11.3. The molecule has 1 fully saturated rings. The lowest BCUT2D eigenvalue weighted by Gasteiger charge is -2.18. The van der Waals surface area contributed by atoms with E-state index in [-0.39, 0.29) is 24.1 Å². The van der Waals surface area contributed by atoms with Crippen LogP contribution in [0.3, 0.4) is 0 Å². The molecule has 32 heavy (non-hydrogen) atoms. The Morgan fingerprint density at radius 3 is 2.75 bits per heavy atom. The summed E-state index contributed by atoms with van der Waals surface area (Å²) in [5, 5.41) is 5.18. The molecular formula is C23H18ClFN4O2S. The summed E-state index contributed by atoms with van der Waals surface area (Å²) in [4.78, 5) is 31.6. The van der Waals surface area contributed by atoms with Crippen molar-refractivity contribution in [2.75, 3.05) is 16.8 Å². The molecule has 5 rings (SSSR count). The summed E-state index contributed by atoms with van der Waals surface area (Å²) in [5.41, 5.74) is 3.56. The first kappa shape index (κ1) is 20.7. The van der Waals surface area contributed by atoms with E-state index >= 15 is 0 Å². The van der Waals surface area contributed by atoms with Crippen molar-refractivity contribution in [1.82, 2.24) is 9.38 Å². The Morgan fingerprint density at radius 1 is 1.22 bits per heavy atom. The zero-order valence-corrected chi connectivity index (χ0v) is 18.4. The quantitative estimate of drug-likeness (QED) is 0.439. The second kappa shape index (κ2) is 8.37. The lowest BCUT2D eigenvalue weighted by molar-refractivity contribution is -0.117. The first-order valence-corrected chi connectivity index (χ1v) is 11.3. The Bertz CT molecular complexity index is 1330. The van der Waals surface area contributed by atoms with Gasteiger partial charge in [0.2, 0.25) is 11.8 Å². The minimum atomic E-state index is -0.299. The maximum atomic E-state index is 13.2. The van der Waals surface area contributed by atoms with Gasteiger partial charge in [-0.3, -0.25) is 14.0 Å². The van der Waals surface area contributed by atoms with Crippen molar-refractivity contribution in [2.45, 2.75) is 19.3 Å². The van der Waals surface area contributed by atoms with Crippen LogP contribution in [0.5, 0.6) is 0 Å². The predicted molar refractivity (Wildman–Crippen MR) is 124 cm³/mol. The molecule has 1 N–H and O–H groups in total. The van der Waals surface area contributed by atoms with E-state index in [1.54, 1.807) is 35.2 Å². The average molecular weight is 469 g/mol. The number of carbonyl (C=O) groups excluding carboxylic acids is 2. The monoisotopic (exact) mass is 468 g/mol. The van der Waals surface area contributed by atoms with Crippen LogP contribution in [0.25, 0.3) is 16.2 Å². The van der Waals surface area contributed by atoms with E-state index in [9.17, 15) is 14.0 Å². The second-order valence-electron chi connectivity index (χ2n) is 7.55. The van der Waals surface area contributed by atoms with Crippen LogP contribution in [0.15, 0.2) is 54.0 Å². The van der Waals surface area contributed by atoms with E-state index < -0.39 is 0 Å². The molecule has 0 atom stereocenters. The highest BCUT2D eigenvalue weighted by Gasteiger charge is 2.23. The number of imidazole rings is 1. The number of hydrogen-bond donors (Lipinski definition) is 1. The van der Waals surface area contributed by atoms with Gasteiger partial charge in [0.05, 0.1) is 22.8 Å². The highest BCUT2D eigenvalue weighted by Crippen LogP contribution is 2.32. The first-order chi connectivity index (χ1) is 15.5. The maximum Gasteiger partial charge on any atom is 0.230 e. The molecule has 0 radical (unpaired) electrons. The van der Waals surface area contributed by atoms with Crippen LogP contribution in [0.4, 0.5) is 15.8 Å². The van der Waals surface area contributed by atoms with Gasteiger partial charge in [-0.25, -0.2) is 9.37 Å². The smallest absolute Gasteiger partial charge is 0.230 e. The highest BCUT2D eigenvalue weighted by molar-refractivity contribution is 7.15. The Morgan fingerprint density at radius 2 is 2.03 bits per heavy atom. The van der Waals surface area contributed by atoms with E-state index in [1.807, 2.05) is 16.0 Å². The van der Waals surface area contributed by atoms with Crippen LogP contribution in [-0.2, 0) is 16.0 Å². The molecule has 2 aromatic heterocycles. The molecule has 6 nitrogen and oxygen atoms in total. The fourth-order valence-corrected chi connectivity index (χ4v) is 4.95. The van der Waals surface area contributed by atoms with Gasteiger partial charge in [0.1, 0.15) is 5.82 Å². The molecule has 0 spiro atoms. The molecule has 1 saturated heterocycles. The topological polar surface area (TPSA) is 66.7 Å². The van der Waals surface area contributed by atoms with Gasteiger partial charge >= 0.3 is 0 Å². The van der Waals surface area contributed by atoms with Crippen LogP contribution in [-0.4, -0.2) is 27.7 Å². The van der Waals surface area contributed by atoms with E-state index in [1.165, 1.54) is 23.5 Å². The third-order valence-corrected chi connectivity index (χ3v) is 6.55. The van der Waals surface area contributed by atoms with Crippen LogP contribution in [0.2, 0.25) is 5.02 Å². The third kappa shape index (κ3) is 3.99. The van der Waals surface area contributed by atoms with E-state index in [0.29, 0.717) is 29.4 Å². The lowest BCUT2D eigenvalue weighted by atomic mass is 10.2. The lowest BCUT2D eigenvalue weighted by Crippen LogP contribution is -2.24. The zero-order chi connectivity index (χ0) is 22.2. The summed E-state index contributed by atoms with van der Waals surface area (Å²) in [5.74, 6) is -0.430. The number of hydrogen-bond acceptors (Lipinski definition) is 4. The minimum Gasteiger partial charge on any atom is -0.326 e. The number of benzene rings is 2. The number of carbonyl (C=O) groups is 2. The summed E-state index contributed by atoms with van der Waals surface area (Å²) in [6.07, 6.45) is 3.35. The van der Waals surface area contributed by atoms with Gasteiger partial charge in [-0.15, -0.1) is 11.3 Å². The Hall–Kier alpha value is -3.23. The van der Waals surface area contributed by atoms with Gasteiger partial charge in [0, 0.05) is 41.5 Å². The molecule has 0 bridgehead atoms. The van der Waals surface area contributed by atoms with Crippen molar-refractivity contribution in [3.63, 3.8) is 0 Å². The Balaban J connectivity index is 1.30. The SMILES string of the molecule is O=C(Cc1csc2nc(-c3ccc(F)cc3)cn12)Nc1ccc(N2CCCC2=O)c(Cl)c1. The fourth-order valence-electron chi connectivity index (χ4n) is 3.79. The first-order valence-electron chi connectivity index (χ1n) is 10.1. The molecule has 0 aliphatic carbocycles. The number of halogens is 2. The maximum absolute atomic E-state index is 13.2. The largest absolute Gasteiger partial charge is 0.326 e. The summed E-state index contributed by atoms with van der Waals surface area (Å²) < 4.78 is 15.1. The molecule has 2 amide bonds. The molecule has 0 saturated carbocycles. The number of rotatable bonds is 5. The number of fused-ring (bicyclic) bond motifs is 1. The van der Waals surface area contributed by atoms with Crippen LogP contribution in [0, 0.1) is 5.82 Å². The number of nitrogens with one attached hydrogen (secondary N) is 1. The molecule has 0 unspecified atom stereocenters. The summed E-state index contributed by atoms with van der Waals surface area (Å²) in [7, 11) is 0. The number of nitrogens with zero attached hydrogens (tertiary/aromatic N) is 3. The molecule has 1 aliphatic rings. The van der Waals surface area contributed by atoms with Crippen molar-refractivity contribution in [3.05, 3.63) is 70.6 Å². The standard InChI is InChI=1S/C23H18ClFN4O2S/c24-18-10-16(7-8-20(18)28-9-1-2-22(28)31)26-21(30)11-17-13-32-23-27-19(12-29(17)23)14-3-5-15(25)6-4-14/h3-8,10,12-13H,1-2,9,11H2,(H,26,30).